The molecule has 19 heavy (non-hydrogen) atoms. The van der Waals surface area contributed by atoms with Crippen LogP contribution >= 0.6 is 0 Å². The van der Waals surface area contributed by atoms with Crippen molar-refractivity contribution in [2.45, 2.75) is 13.5 Å². The maximum Gasteiger partial charge on any atom is 0.186 e. The summed E-state index contributed by atoms with van der Waals surface area (Å²) in [6, 6.07) is 8.01. The Morgan fingerprint density at radius 3 is 2.89 bits per heavy atom. The number of ether oxygens (including phenoxy) is 1. The fourth-order valence-electron chi connectivity index (χ4n) is 2.21. The zero-order valence-corrected chi connectivity index (χ0v) is 10.8. The van der Waals surface area contributed by atoms with E-state index in [9.17, 15) is 0 Å². The van der Waals surface area contributed by atoms with Gasteiger partial charge in [0.25, 0.3) is 0 Å². The molecule has 0 aliphatic rings. The number of fused-ring (bicyclic) bond motifs is 1. The summed E-state index contributed by atoms with van der Waals surface area (Å²) in [6.07, 6.45) is 0. The molecule has 0 unspecified atom stereocenters. The molecule has 3 aromatic rings. The Kier molecular flexibility index (Phi) is 2.72. The quantitative estimate of drug-likeness (QED) is 0.749. The minimum atomic E-state index is 0.402. The highest BCUT2D eigenvalue weighted by atomic mass is 16.5. The maximum atomic E-state index is 5.91. The van der Waals surface area contributed by atoms with Crippen LogP contribution in [0, 0.1) is 6.92 Å². The summed E-state index contributed by atoms with van der Waals surface area (Å²) in [4.78, 5) is 0. The monoisotopic (exact) mass is 257 g/mol. The van der Waals surface area contributed by atoms with Crippen LogP contribution < -0.4 is 5.73 Å². The molecular formula is C13H15N5O. The van der Waals surface area contributed by atoms with Gasteiger partial charge in [-0.2, -0.15) is 10.2 Å². The largest absolute Gasteiger partial charge is 0.383 e. The predicted molar refractivity (Wildman–Crippen MR) is 73.1 cm³/mol. The molecule has 0 radical (unpaired) electrons. The second kappa shape index (κ2) is 4.40. The molecule has 0 amide bonds. The van der Waals surface area contributed by atoms with Gasteiger partial charge in [-0.1, -0.05) is 18.2 Å². The highest BCUT2D eigenvalue weighted by Gasteiger charge is 2.18. The van der Waals surface area contributed by atoms with E-state index in [0.29, 0.717) is 12.4 Å². The SMILES string of the molecule is COCc1nn(-c2ccccc2C)c2n[nH]c(N)c12. The number of hydrogen-bond acceptors (Lipinski definition) is 4. The lowest BCUT2D eigenvalue weighted by Gasteiger charge is -2.05. The Labute approximate surface area is 110 Å². The molecule has 0 atom stereocenters. The molecule has 0 saturated heterocycles. The van der Waals surface area contributed by atoms with Crippen molar-refractivity contribution >= 4 is 16.9 Å². The molecule has 0 saturated carbocycles. The van der Waals surface area contributed by atoms with Crippen molar-refractivity contribution in [1.82, 2.24) is 20.0 Å². The summed E-state index contributed by atoms with van der Waals surface area (Å²) < 4.78 is 6.96. The second-order valence-corrected chi connectivity index (χ2v) is 4.41. The van der Waals surface area contributed by atoms with E-state index in [1.807, 2.05) is 31.2 Å². The Hall–Kier alpha value is -2.34. The molecule has 6 nitrogen and oxygen atoms in total. The first-order valence-corrected chi connectivity index (χ1v) is 5.98. The fourth-order valence-corrected chi connectivity index (χ4v) is 2.21. The van der Waals surface area contributed by atoms with E-state index >= 15 is 0 Å². The summed E-state index contributed by atoms with van der Waals surface area (Å²) in [7, 11) is 1.63. The number of para-hydroxylation sites is 1. The average molecular weight is 257 g/mol. The fraction of sp³-hybridized carbons (Fsp3) is 0.231. The number of rotatable bonds is 3. The number of aromatic nitrogens is 4. The molecule has 0 aliphatic carbocycles. The first kappa shape index (κ1) is 11.7. The van der Waals surface area contributed by atoms with E-state index in [2.05, 4.69) is 15.3 Å². The van der Waals surface area contributed by atoms with E-state index in [1.54, 1.807) is 11.8 Å². The van der Waals surface area contributed by atoms with Gasteiger partial charge in [0.15, 0.2) is 5.65 Å². The third-order valence-electron chi connectivity index (χ3n) is 3.11. The van der Waals surface area contributed by atoms with Crippen LogP contribution in [-0.4, -0.2) is 27.1 Å². The lowest BCUT2D eigenvalue weighted by molar-refractivity contribution is 0.182. The van der Waals surface area contributed by atoms with Crippen LogP contribution in [0.5, 0.6) is 0 Å². The smallest absolute Gasteiger partial charge is 0.186 e. The van der Waals surface area contributed by atoms with Crippen molar-refractivity contribution in [3.63, 3.8) is 0 Å². The van der Waals surface area contributed by atoms with Crippen molar-refractivity contribution < 1.29 is 4.74 Å². The Balaban J connectivity index is 2.28. The second-order valence-electron chi connectivity index (χ2n) is 4.41. The van der Waals surface area contributed by atoms with Crippen LogP contribution in [0.2, 0.25) is 0 Å². The lowest BCUT2D eigenvalue weighted by atomic mass is 10.2. The van der Waals surface area contributed by atoms with Crippen LogP contribution in [-0.2, 0) is 11.3 Å². The van der Waals surface area contributed by atoms with Crippen LogP contribution in [0.25, 0.3) is 16.7 Å². The molecule has 3 N–H and O–H groups in total. The van der Waals surface area contributed by atoms with Crippen LogP contribution in [0.4, 0.5) is 5.82 Å². The van der Waals surface area contributed by atoms with Gasteiger partial charge < -0.3 is 10.5 Å². The molecule has 2 heterocycles. The van der Waals surface area contributed by atoms with E-state index in [4.69, 9.17) is 10.5 Å². The van der Waals surface area contributed by atoms with Crippen LogP contribution in [0.15, 0.2) is 24.3 Å². The summed E-state index contributed by atoms with van der Waals surface area (Å²) in [6.45, 7) is 2.44. The number of aryl methyl sites for hydroxylation is 1. The molecule has 3 rings (SSSR count). The van der Waals surface area contributed by atoms with Gasteiger partial charge in [0.1, 0.15) is 11.5 Å². The number of anilines is 1. The molecule has 0 fully saturated rings. The number of aromatic amines is 1. The molecule has 0 bridgehead atoms. The van der Waals surface area contributed by atoms with Gasteiger partial charge in [0.2, 0.25) is 0 Å². The van der Waals surface area contributed by atoms with E-state index in [0.717, 1.165) is 28.0 Å². The van der Waals surface area contributed by atoms with Gasteiger partial charge in [-0.05, 0) is 18.6 Å². The zero-order valence-electron chi connectivity index (χ0n) is 10.8. The molecule has 98 valence electrons. The maximum absolute atomic E-state index is 5.91. The normalized spacial score (nSPS) is 11.3. The number of nitrogens with one attached hydrogen (secondary N) is 1. The van der Waals surface area contributed by atoms with Crippen LogP contribution in [0.1, 0.15) is 11.3 Å². The van der Waals surface area contributed by atoms with Crippen molar-refractivity contribution in [3.05, 3.63) is 35.5 Å². The molecule has 1 aromatic carbocycles. The highest BCUT2D eigenvalue weighted by molar-refractivity contribution is 5.89. The first-order chi connectivity index (χ1) is 9.22. The Morgan fingerprint density at radius 2 is 2.16 bits per heavy atom. The molecule has 6 heteroatoms. The highest BCUT2D eigenvalue weighted by Crippen LogP contribution is 2.26. The van der Waals surface area contributed by atoms with Crippen LogP contribution in [0.3, 0.4) is 0 Å². The standard InChI is InChI=1S/C13H15N5O/c1-8-5-3-4-6-10(8)18-13-11(12(14)15-16-13)9(17-18)7-19-2/h3-6H,7H2,1-2H3,(H3,14,15,16). The summed E-state index contributed by atoms with van der Waals surface area (Å²) in [5, 5.41) is 12.4. The van der Waals surface area contributed by atoms with Crippen molar-refractivity contribution in [2.75, 3.05) is 12.8 Å². The third kappa shape index (κ3) is 1.77. The van der Waals surface area contributed by atoms with Gasteiger partial charge in [-0.25, -0.2) is 4.68 Å². The Bertz CT molecular complexity index is 728. The topological polar surface area (TPSA) is 81.8 Å². The lowest BCUT2D eigenvalue weighted by Crippen LogP contribution is -2.01. The van der Waals surface area contributed by atoms with Gasteiger partial charge >= 0.3 is 0 Å². The number of nitrogens with two attached hydrogens (primary N) is 1. The number of methoxy groups -OCH3 is 1. The number of nitrogen functional groups attached to an aromatic ring is 1. The number of H-pyrrole nitrogens is 1. The molecule has 0 spiro atoms. The predicted octanol–water partition coefficient (Wildman–Crippen LogP) is 1.79. The van der Waals surface area contributed by atoms with Gasteiger partial charge in [0.05, 0.1) is 17.7 Å². The minimum Gasteiger partial charge on any atom is -0.383 e. The van der Waals surface area contributed by atoms with E-state index in [1.165, 1.54) is 0 Å². The number of hydrogen-bond donors (Lipinski definition) is 2. The zero-order chi connectivity index (χ0) is 13.4. The summed E-state index contributed by atoms with van der Waals surface area (Å²) >= 11 is 0. The number of nitrogens with zero attached hydrogens (tertiary/aromatic N) is 3. The third-order valence-corrected chi connectivity index (χ3v) is 3.11. The Morgan fingerprint density at radius 1 is 1.37 bits per heavy atom. The first-order valence-electron chi connectivity index (χ1n) is 5.98. The van der Waals surface area contributed by atoms with E-state index in [-0.39, 0.29) is 0 Å². The van der Waals surface area contributed by atoms with Crippen molar-refractivity contribution in [1.29, 1.82) is 0 Å². The molecular weight excluding hydrogens is 242 g/mol. The van der Waals surface area contributed by atoms with Gasteiger partial charge in [-0.15, -0.1) is 0 Å². The number of benzene rings is 1. The molecule has 2 aromatic heterocycles. The summed E-state index contributed by atoms with van der Waals surface area (Å²) in [5.74, 6) is 0.516. The summed E-state index contributed by atoms with van der Waals surface area (Å²) in [5.41, 5.74) is 9.53. The van der Waals surface area contributed by atoms with Gasteiger partial charge in [-0.3, -0.25) is 5.10 Å². The van der Waals surface area contributed by atoms with E-state index < -0.39 is 0 Å². The van der Waals surface area contributed by atoms with Gasteiger partial charge in [0, 0.05) is 7.11 Å². The van der Waals surface area contributed by atoms with Crippen molar-refractivity contribution in [2.24, 2.45) is 0 Å². The minimum absolute atomic E-state index is 0.402. The molecule has 0 aliphatic heterocycles. The van der Waals surface area contributed by atoms with Crippen molar-refractivity contribution in [3.8, 4) is 5.69 Å². The average Bonchev–Trinajstić information content (AvgIpc) is 2.93.